The molecule has 2 heteroatoms. The number of para-hydroxylation sites is 1. The normalized spacial score (nSPS) is 25.8. The SMILES string of the molecule is CCC1C[N+](Cc2ccccc2)(C(C)Cc2ccnc3ccccc23)CCC1C. The van der Waals surface area contributed by atoms with Gasteiger partial charge in [0.15, 0.2) is 0 Å². The van der Waals surface area contributed by atoms with Gasteiger partial charge in [-0.15, -0.1) is 0 Å². The molecule has 2 aromatic carbocycles. The van der Waals surface area contributed by atoms with Crippen molar-refractivity contribution in [1.29, 1.82) is 0 Å². The van der Waals surface area contributed by atoms with Crippen LogP contribution >= 0.6 is 0 Å². The van der Waals surface area contributed by atoms with Gasteiger partial charge in [-0.2, -0.15) is 0 Å². The predicted octanol–water partition coefficient (Wildman–Crippen LogP) is 6.25. The molecule has 1 aliphatic heterocycles. The van der Waals surface area contributed by atoms with Crippen molar-refractivity contribution in [3.05, 3.63) is 78.0 Å². The van der Waals surface area contributed by atoms with Crippen molar-refractivity contribution >= 4 is 10.9 Å². The van der Waals surface area contributed by atoms with Gasteiger partial charge < -0.3 is 4.48 Å². The van der Waals surface area contributed by atoms with Crippen molar-refractivity contribution in [2.75, 3.05) is 13.1 Å². The smallest absolute Gasteiger partial charge is 0.105 e. The highest BCUT2D eigenvalue weighted by molar-refractivity contribution is 5.81. The van der Waals surface area contributed by atoms with Gasteiger partial charge in [-0.25, -0.2) is 0 Å². The van der Waals surface area contributed by atoms with Gasteiger partial charge >= 0.3 is 0 Å². The van der Waals surface area contributed by atoms with E-state index >= 15 is 0 Å². The average Bonchev–Trinajstić information content (AvgIpc) is 2.76. The van der Waals surface area contributed by atoms with Crippen LogP contribution in [0.25, 0.3) is 10.9 Å². The fraction of sp³-hybridized carbons (Fsp3) is 0.444. The number of hydrogen-bond donors (Lipinski definition) is 0. The molecule has 0 spiro atoms. The minimum absolute atomic E-state index is 0.586. The second kappa shape index (κ2) is 8.67. The minimum Gasteiger partial charge on any atom is -0.317 e. The van der Waals surface area contributed by atoms with Gasteiger partial charge in [0.2, 0.25) is 0 Å². The molecular weight excluding hydrogens is 352 g/mol. The summed E-state index contributed by atoms with van der Waals surface area (Å²) >= 11 is 0. The second-order valence-corrected chi connectivity index (χ2v) is 9.24. The van der Waals surface area contributed by atoms with Crippen LogP contribution in [-0.4, -0.2) is 28.6 Å². The van der Waals surface area contributed by atoms with Gasteiger partial charge in [-0.05, 0) is 43.4 Å². The second-order valence-electron chi connectivity index (χ2n) is 9.24. The lowest BCUT2D eigenvalue weighted by Crippen LogP contribution is -2.60. The van der Waals surface area contributed by atoms with Gasteiger partial charge in [0.25, 0.3) is 0 Å². The number of likely N-dealkylation sites (tertiary alicyclic amines) is 1. The number of fused-ring (bicyclic) bond motifs is 1. The van der Waals surface area contributed by atoms with E-state index in [0.29, 0.717) is 6.04 Å². The Bertz CT molecular complexity index is 930. The first-order chi connectivity index (χ1) is 14.1. The Hall–Kier alpha value is -2.19. The largest absolute Gasteiger partial charge is 0.317 e. The quantitative estimate of drug-likeness (QED) is 0.456. The summed E-state index contributed by atoms with van der Waals surface area (Å²) < 4.78 is 1.21. The first-order valence-electron chi connectivity index (χ1n) is 11.3. The standard InChI is InChI=1S/C27H35N2/c1-4-24-20-29(17-15-21(24)2,19-23-10-6-5-7-11-23)22(3)18-25-14-16-28-27-13-9-8-12-26(25)27/h5-14,16,21-22,24H,4,15,17-20H2,1-3H3/q+1. The van der Waals surface area contributed by atoms with Crippen LogP contribution in [0.5, 0.6) is 0 Å². The highest BCUT2D eigenvalue weighted by atomic mass is 15.4. The van der Waals surface area contributed by atoms with Gasteiger partial charge in [0, 0.05) is 29.5 Å². The Morgan fingerprint density at radius 2 is 1.79 bits per heavy atom. The Labute approximate surface area is 176 Å². The zero-order chi connectivity index (χ0) is 20.3. The molecule has 1 aliphatic rings. The van der Waals surface area contributed by atoms with Crippen molar-refractivity contribution in [2.24, 2.45) is 11.8 Å². The van der Waals surface area contributed by atoms with Crippen LogP contribution in [0.15, 0.2) is 66.9 Å². The fourth-order valence-electron chi connectivity index (χ4n) is 5.46. The van der Waals surface area contributed by atoms with E-state index < -0.39 is 0 Å². The third kappa shape index (κ3) is 4.23. The molecule has 1 aromatic heterocycles. The van der Waals surface area contributed by atoms with Crippen LogP contribution in [0.1, 0.15) is 44.7 Å². The van der Waals surface area contributed by atoms with Crippen molar-refractivity contribution < 1.29 is 4.48 Å². The maximum absolute atomic E-state index is 4.58. The zero-order valence-electron chi connectivity index (χ0n) is 18.2. The fourth-order valence-corrected chi connectivity index (χ4v) is 5.46. The van der Waals surface area contributed by atoms with E-state index in [0.717, 1.165) is 30.3 Å². The Balaban J connectivity index is 1.66. The first-order valence-corrected chi connectivity index (χ1v) is 11.3. The predicted molar refractivity (Wildman–Crippen MR) is 123 cm³/mol. The molecule has 0 saturated carbocycles. The number of hydrogen-bond acceptors (Lipinski definition) is 1. The van der Waals surface area contributed by atoms with Gasteiger partial charge in [0.1, 0.15) is 6.54 Å². The summed E-state index contributed by atoms with van der Waals surface area (Å²) in [5.74, 6) is 1.67. The molecule has 0 N–H and O–H groups in total. The first kappa shape index (κ1) is 20.1. The molecule has 4 rings (SSSR count). The van der Waals surface area contributed by atoms with Crippen molar-refractivity contribution in [3.63, 3.8) is 0 Å². The lowest BCUT2D eigenvalue weighted by molar-refractivity contribution is -0.970. The number of benzene rings is 2. The van der Waals surface area contributed by atoms with Gasteiger partial charge in [-0.1, -0.05) is 62.4 Å². The number of nitrogens with zero attached hydrogens (tertiary/aromatic N) is 2. The summed E-state index contributed by atoms with van der Waals surface area (Å²) in [6.45, 7) is 11.1. The van der Waals surface area contributed by atoms with Crippen molar-refractivity contribution in [3.8, 4) is 0 Å². The molecule has 0 radical (unpaired) electrons. The third-order valence-corrected chi connectivity index (χ3v) is 7.49. The molecule has 0 aliphatic carbocycles. The molecule has 152 valence electrons. The maximum atomic E-state index is 4.58. The number of aromatic nitrogens is 1. The van der Waals surface area contributed by atoms with Gasteiger partial charge in [-0.3, -0.25) is 4.98 Å². The molecule has 2 heterocycles. The molecule has 4 atom stereocenters. The molecule has 0 bridgehead atoms. The van der Waals surface area contributed by atoms with E-state index in [4.69, 9.17) is 0 Å². The van der Waals surface area contributed by atoms with E-state index in [2.05, 4.69) is 86.4 Å². The van der Waals surface area contributed by atoms with Crippen LogP contribution < -0.4 is 0 Å². The van der Waals surface area contributed by atoms with E-state index in [1.807, 2.05) is 6.20 Å². The number of piperidine rings is 1. The van der Waals surface area contributed by atoms with Crippen LogP contribution in [0.2, 0.25) is 0 Å². The Morgan fingerprint density at radius 1 is 1.03 bits per heavy atom. The highest BCUT2D eigenvalue weighted by Gasteiger charge is 2.41. The monoisotopic (exact) mass is 387 g/mol. The summed E-state index contributed by atoms with van der Waals surface area (Å²) in [5, 5.41) is 1.32. The summed E-state index contributed by atoms with van der Waals surface area (Å²) in [6, 6.07) is 22.6. The van der Waals surface area contributed by atoms with Crippen LogP contribution in [0.4, 0.5) is 0 Å². The number of rotatable bonds is 6. The van der Waals surface area contributed by atoms with E-state index in [1.165, 1.54) is 46.9 Å². The van der Waals surface area contributed by atoms with Gasteiger partial charge in [0.05, 0.1) is 24.6 Å². The topological polar surface area (TPSA) is 12.9 Å². The summed E-state index contributed by atoms with van der Waals surface area (Å²) in [4.78, 5) is 4.58. The minimum atomic E-state index is 0.586. The molecular formula is C27H35N2+. The average molecular weight is 388 g/mol. The Morgan fingerprint density at radius 3 is 2.59 bits per heavy atom. The van der Waals surface area contributed by atoms with Crippen LogP contribution in [0, 0.1) is 11.8 Å². The number of pyridine rings is 1. The lowest BCUT2D eigenvalue weighted by atomic mass is 9.82. The molecule has 1 fully saturated rings. The highest BCUT2D eigenvalue weighted by Crippen LogP contribution is 2.36. The zero-order valence-corrected chi connectivity index (χ0v) is 18.2. The van der Waals surface area contributed by atoms with Crippen molar-refractivity contribution in [1.82, 2.24) is 4.98 Å². The molecule has 2 nitrogen and oxygen atoms in total. The molecule has 1 saturated heterocycles. The maximum Gasteiger partial charge on any atom is 0.105 e. The Kier molecular flexibility index (Phi) is 6.01. The summed E-state index contributed by atoms with van der Waals surface area (Å²) in [6.07, 6.45) is 5.73. The van der Waals surface area contributed by atoms with Crippen LogP contribution in [0.3, 0.4) is 0 Å². The summed E-state index contributed by atoms with van der Waals surface area (Å²) in [7, 11) is 0. The molecule has 29 heavy (non-hydrogen) atoms. The third-order valence-electron chi connectivity index (χ3n) is 7.49. The van der Waals surface area contributed by atoms with Crippen LogP contribution in [-0.2, 0) is 13.0 Å². The lowest BCUT2D eigenvalue weighted by Gasteiger charge is -2.50. The molecule has 3 aromatic rings. The molecule has 4 unspecified atom stereocenters. The molecule has 0 amide bonds. The van der Waals surface area contributed by atoms with E-state index in [1.54, 1.807) is 0 Å². The van der Waals surface area contributed by atoms with E-state index in [-0.39, 0.29) is 0 Å². The van der Waals surface area contributed by atoms with Crippen molar-refractivity contribution in [2.45, 2.75) is 52.6 Å². The summed E-state index contributed by atoms with van der Waals surface area (Å²) in [5.41, 5.74) is 4.04. The number of quaternary nitrogens is 1. The van der Waals surface area contributed by atoms with E-state index in [9.17, 15) is 0 Å².